The van der Waals surface area contributed by atoms with Gasteiger partial charge in [-0.2, -0.15) is 0 Å². The van der Waals surface area contributed by atoms with Crippen LogP contribution in [0.3, 0.4) is 0 Å². The van der Waals surface area contributed by atoms with E-state index in [2.05, 4.69) is 20.9 Å². The zero-order chi connectivity index (χ0) is 13.1. The van der Waals surface area contributed by atoms with Crippen LogP contribution in [-0.2, 0) is 11.3 Å². The first-order valence-electron chi connectivity index (χ1n) is 5.78. The topological polar surface area (TPSA) is 29.9 Å². The number of aromatic amines is 1. The summed E-state index contributed by atoms with van der Waals surface area (Å²) in [5.41, 5.74) is 1.63. The van der Waals surface area contributed by atoms with Gasteiger partial charge in [-0.3, -0.25) is 0 Å². The fourth-order valence-electron chi connectivity index (χ4n) is 1.84. The Hall–Kier alpha value is -0.720. The Morgan fingerprint density at radius 2 is 2.28 bits per heavy atom. The summed E-state index contributed by atoms with van der Waals surface area (Å²) in [6, 6.07) is 3.20. The van der Waals surface area contributed by atoms with E-state index in [1.165, 1.54) is 6.07 Å². The fraction of sp³-hybridized carbons (Fsp3) is 0.417. The molecule has 0 aliphatic heterocycles. The molecule has 0 aliphatic rings. The molecule has 1 aromatic carbocycles. The summed E-state index contributed by atoms with van der Waals surface area (Å²) in [5.74, 6) is -0.291. The Balaban J connectivity index is 2.29. The zero-order valence-electron chi connectivity index (χ0n) is 10.0. The zero-order valence-corrected chi connectivity index (χ0v) is 12.4. The van der Waals surface area contributed by atoms with Gasteiger partial charge in [0.05, 0.1) is 15.5 Å². The number of H-pyrrole nitrogens is 1. The van der Waals surface area contributed by atoms with Gasteiger partial charge in [0, 0.05) is 25.8 Å². The third kappa shape index (κ3) is 2.81. The summed E-state index contributed by atoms with van der Waals surface area (Å²) in [6.45, 7) is 4.15. The molecule has 0 atom stereocenters. The van der Waals surface area contributed by atoms with Crippen molar-refractivity contribution in [3.8, 4) is 0 Å². The molecule has 1 aromatic heterocycles. The Bertz CT molecular complexity index is 608. The van der Waals surface area contributed by atoms with E-state index in [1.54, 1.807) is 6.07 Å². The van der Waals surface area contributed by atoms with Crippen LogP contribution in [0.1, 0.15) is 13.3 Å². The monoisotopic (exact) mass is 332 g/mol. The van der Waals surface area contributed by atoms with Crippen molar-refractivity contribution in [2.45, 2.75) is 19.9 Å². The molecule has 3 nitrogen and oxygen atoms in total. The number of fused-ring (bicyclic) bond motifs is 1. The summed E-state index contributed by atoms with van der Waals surface area (Å²) in [6.07, 6.45) is 0.879. The molecule has 1 heterocycles. The molecule has 0 saturated heterocycles. The van der Waals surface area contributed by atoms with Crippen molar-refractivity contribution in [2.24, 2.45) is 0 Å². The first-order valence-corrected chi connectivity index (χ1v) is 6.99. The van der Waals surface area contributed by atoms with E-state index in [0.29, 0.717) is 15.9 Å². The summed E-state index contributed by atoms with van der Waals surface area (Å²) in [4.78, 5) is 3.01. The van der Waals surface area contributed by atoms with Crippen LogP contribution in [-0.4, -0.2) is 22.8 Å². The van der Waals surface area contributed by atoms with Crippen LogP contribution in [0, 0.1) is 10.6 Å². The van der Waals surface area contributed by atoms with Gasteiger partial charge in [-0.1, -0.05) is 0 Å². The molecule has 2 rings (SSSR count). The lowest BCUT2D eigenvalue weighted by molar-refractivity contribution is 0.142. The summed E-state index contributed by atoms with van der Waals surface area (Å²) in [5, 5.41) is 0. The number of benzene rings is 1. The van der Waals surface area contributed by atoms with Gasteiger partial charge in [0.2, 0.25) is 0 Å². The number of imidazole rings is 1. The number of rotatable bonds is 5. The lowest BCUT2D eigenvalue weighted by Gasteiger charge is -2.05. The lowest BCUT2D eigenvalue weighted by atomic mass is 10.3. The van der Waals surface area contributed by atoms with Gasteiger partial charge >= 0.3 is 0 Å². The fourth-order valence-corrected chi connectivity index (χ4v) is 2.47. The third-order valence-electron chi connectivity index (χ3n) is 2.69. The van der Waals surface area contributed by atoms with E-state index in [1.807, 2.05) is 11.5 Å². The van der Waals surface area contributed by atoms with E-state index in [4.69, 9.17) is 17.0 Å². The standard InChI is InChI=1S/C12H14BrFN2OS/c1-2-17-5-3-4-16-11-6-8(13)9(14)7-10(11)15-12(16)18/h6-7H,2-5H2,1H3,(H,15,18). The highest BCUT2D eigenvalue weighted by Crippen LogP contribution is 2.23. The molecule has 6 heteroatoms. The predicted molar refractivity (Wildman–Crippen MR) is 75.9 cm³/mol. The average molecular weight is 333 g/mol. The number of nitrogens with zero attached hydrogens (tertiary/aromatic N) is 1. The molecular weight excluding hydrogens is 319 g/mol. The largest absolute Gasteiger partial charge is 0.382 e. The SMILES string of the molecule is CCOCCCn1c(=S)[nH]c2cc(F)c(Br)cc21. The van der Waals surface area contributed by atoms with Crippen molar-refractivity contribution < 1.29 is 9.13 Å². The minimum absolute atomic E-state index is 0.291. The summed E-state index contributed by atoms with van der Waals surface area (Å²) < 4.78 is 21.7. The smallest absolute Gasteiger partial charge is 0.178 e. The molecule has 0 aliphatic carbocycles. The molecule has 0 bridgehead atoms. The number of halogens is 2. The maximum atomic E-state index is 13.4. The van der Waals surface area contributed by atoms with Gasteiger partial charge in [-0.25, -0.2) is 4.39 Å². The minimum atomic E-state index is -0.291. The van der Waals surface area contributed by atoms with E-state index < -0.39 is 0 Å². The van der Waals surface area contributed by atoms with Crippen LogP contribution in [0.2, 0.25) is 0 Å². The van der Waals surface area contributed by atoms with Crippen LogP contribution in [0.5, 0.6) is 0 Å². The Morgan fingerprint density at radius 3 is 3.00 bits per heavy atom. The normalized spacial score (nSPS) is 11.3. The number of hydrogen-bond donors (Lipinski definition) is 1. The van der Waals surface area contributed by atoms with Crippen molar-refractivity contribution in [3.05, 3.63) is 27.2 Å². The second-order valence-electron chi connectivity index (χ2n) is 3.92. The average Bonchev–Trinajstić information content (AvgIpc) is 2.62. The van der Waals surface area contributed by atoms with Gasteiger partial charge in [-0.15, -0.1) is 0 Å². The van der Waals surface area contributed by atoms with E-state index >= 15 is 0 Å². The van der Waals surface area contributed by atoms with Crippen molar-refractivity contribution >= 4 is 39.2 Å². The van der Waals surface area contributed by atoms with Gasteiger partial charge in [0.1, 0.15) is 5.82 Å². The van der Waals surface area contributed by atoms with Gasteiger partial charge < -0.3 is 14.3 Å². The molecule has 0 spiro atoms. The summed E-state index contributed by atoms with van der Waals surface area (Å²) >= 11 is 8.44. The second-order valence-corrected chi connectivity index (χ2v) is 5.16. The predicted octanol–water partition coefficient (Wildman–Crippen LogP) is 4.03. The van der Waals surface area contributed by atoms with Crippen molar-refractivity contribution in [2.75, 3.05) is 13.2 Å². The van der Waals surface area contributed by atoms with Crippen LogP contribution in [0.15, 0.2) is 16.6 Å². The highest BCUT2D eigenvalue weighted by molar-refractivity contribution is 9.10. The quantitative estimate of drug-likeness (QED) is 0.661. The lowest BCUT2D eigenvalue weighted by Crippen LogP contribution is -2.02. The molecule has 1 N–H and O–H groups in total. The maximum Gasteiger partial charge on any atom is 0.178 e. The molecule has 0 radical (unpaired) electrons. The molecule has 0 unspecified atom stereocenters. The number of ether oxygens (including phenoxy) is 1. The van der Waals surface area contributed by atoms with Crippen molar-refractivity contribution in [1.29, 1.82) is 0 Å². The first kappa shape index (κ1) is 13.7. The van der Waals surface area contributed by atoms with Crippen molar-refractivity contribution in [3.63, 3.8) is 0 Å². The highest BCUT2D eigenvalue weighted by atomic mass is 79.9. The molecule has 2 aromatic rings. The second kappa shape index (κ2) is 5.95. The molecule has 98 valence electrons. The number of aromatic nitrogens is 2. The van der Waals surface area contributed by atoms with Crippen molar-refractivity contribution in [1.82, 2.24) is 9.55 Å². The Morgan fingerprint density at radius 1 is 1.50 bits per heavy atom. The van der Waals surface area contributed by atoms with Crippen LogP contribution >= 0.6 is 28.1 Å². The number of aryl methyl sites for hydroxylation is 1. The van der Waals surface area contributed by atoms with E-state index in [9.17, 15) is 4.39 Å². The molecule has 18 heavy (non-hydrogen) atoms. The molecule has 0 amide bonds. The highest BCUT2D eigenvalue weighted by Gasteiger charge is 2.08. The Kier molecular flexibility index (Phi) is 4.53. The number of nitrogens with one attached hydrogen (secondary N) is 1. The van der Waals surface area contributed by atoms with Crippen LogP contribution in [0.25, 0.3) is 11.0 Å². The first-order chi connectivity index (χ1) is 8.63. The summed E-state index contributed by atoms with van der Waals surface area (Å²) in [7, 11) is 0. The van der Waals surface area contributed by atoms with Crippen LogP contribution < -0.4 is 0 Å². The van der Waals surface area contributed by atoms with Gasteiger partial charge in [0.25, 0.3) is 0 Å². The third-order valence-corrected chi connectivity index (χ3v) is 3.62. The number of hydrogen-bond acceptors (Lipinski definition) is 2. The van der Waals surface area contributed by atoms with Gasteiger partial charge in [0.15, 0.2) is 4.77 Å². The maximum absolute atomic E-state index is 13.4. The minimum Gasteiger partial charge on any atom is -0.382 e. The molecule has 0 saturated carbocycles. The van der Waals surface area contributed by atoms with E-state index in [-0.39, 0.29) is 5.82 Å². The molecule has 0 fully saturated rings. The van der Waals surface area contributed by atoms with Crippen LogP contribution in [0.4, 0.5) is 4.39 Å². The molecular formula is C12H14BrFN2OS. The van der Waals surface area contributed by atoms with E-state index in [0.717, 1.165) is 30.6 Å². The Labute approximate surface area is 118 Å². The van der Waals surface area contributed by atoms with Gasteiger partial charge in [-0.05, 0) is 47.6 Å².